The molecule has 0 amide bonds. The van der Waals surface area contributed by atoms with Crippen molar-refractivity contribution in [2.24, 2.45) is 0 Å². The molecule has 1 aromatic carbocycles. The lowest BCUT2D eigenvalue weighted by atomic mass is 10.3. The van der Waals surface area contributed by atoms with Gasteiger partial charge in [-0.15, -0.1) is 0 Å². The van der Waals surface area contributed by atoms with Gasteiger partial charge in [-0.3, -0.25) is 4.79 Å². The van der Waals surface area contributed by atoms with Crippen LogP contribution in [0.15, 0.2) is 68.9 Å². The zero-order valence-corrected chi connectivity index (χ0v) is 14.8. The number of nitrogens with zero attached hydrogens (tertiary/aromatic N) is 2. The van der Waals surface area contributed by atoms with E-state index in [0.29, 0.717) is 17.2 Å². The lowest BCUT2D eigenvalue weighted by molar-refractivity contribution is 0.413. The van der Waals surface area contributed by atoms with Crippen molar-refractivity contribution in [2.45, 2.75) is 11.4 Å². The molecule has 0 aliphatic heterocycles. The molecule has 0 spiro atoms. The van der Waals surface area contributed by atoms with Gasteiger partial charge in [-0.25, -0.2) is 17.8 Å². The number of hydrogen-bond donors (Lipinski definition) is 1. The molecule has 136 valence electrons. The van der Waals surface area contributed by atoms with Crippen molar-refractivity contribution in [1.82, 2.24) is 14.5 Å². The molecule has 3 rings (SSSR count). The first-order valence-corrected chi connectivity index (χ1v) is 9.24. The Morgan fingerprint density at radius 3 is 2.77 bits per heavy atom. The monoisotopic (exact) mass is 375 g/mol. The lowest BCUT2D eigenvalue weighted by Crippen LogP contribution is -2.32. The molecule has 0 atom stereocenters. The molecule has 0 radical (unpaired) electrons. The molecule has 26 heavy (non-hydrogen) atoms. The van der Waals surface area contributed by atoms with Crippen molar-refractivity contribution in [3.05, 3.63) is 65.1 Å². The van der Waals surface area contributed by atoms with Crippen molar-refractivity contribution in [3.63, 3.8) is 0 Å². The third-order valence-electron chi connectivity index (χ3n) is 3.61. The summed E-state index contributed by atoms with van der Waals surface area (Å²) in [7, 11) is -2.26. The van der Waals surface area contributed by atoms with Crippen LogP contribution in [0, 0.1) is 0 Å². The Balaban J connectivity index is 1.71. The van der Waals surface area contributed by atoms with Gasteiger partial charge in [0, 0.05) is 18.7 Å². The minimum Gasteiger partial charge on any atom is -0.497 e. The summed E-state index contributed by atoms with van der Waals surface area (Å²) in [4.78, 5) is 12.0. The number of benzene rings is 1. The maximum Gasteiger partial charge on any atom is 0.266 e. The Hall–Kier alpha value is -2.91. The van der Waals surface area contributed by atoms with Crippen LogP contribution >= 0.6 is 0 Å². The van der Waals surface area contributed by atoms with E-state index in [1.165, 1.54) is 36.3 Å². The molecular formula is C17H17N3O5S. The largest absolute Gasteiger partial charge is 0.497 e. The van der Waals surface area contributed by atoms with E-state index in [2.05, 4.69) is 9.82 Å². The number of ether oxygens (including phenoxy) is 1. The van der Waals surface area contributed by atoms with Crippen molar-refractivity contribution in [2.75, 3.05) is 13.7 Å². The molecule has 0 saturated heterocycles. The molecule has 0 aliphatic rings. The Morgan fingerprint density at radius 1 is 1.19 bits per heavy atom. The van der Waals surface area contributed by atoms with E-state index >= 15 is 0 Å². The first-order valence-electron chi connectivity index (χ1n) is 7.75. The van der Waals surface area contributed by atoms with Crippen LogP contribution in [0.25, 0.3) is 11.5 Å². The molecule has 0 bridgehead atoms. The number of hydrogen-bond acceptors (Lipinski definition) is 6. The molecular weight excluding hydrogens is 358 g/mol. The molecule has 2 heterocycles. The average molecular weight is 375 g/mol. The summed E-state index contributed by atoms with van der Waals surface area (Å²) in [6.45, 7) is 0.0879. The summed E-state index contributed by atoms with van der Waals surface area (Å²) >= 11 is 0. The summed E-state index contributed by atoms with van der Waals surface area (Å²) in [5.74, 6) is 0.965. The number of methoxy groups -OCH3 is 1. The van der Waals surface area contributed by atoms with Gasteiger partial charge in [0.2, 0.25) is 10.0 Å². The minimum absolute atomic E-state index is 0.00799. The van der Waals surface area contributed by atoms with Crippen LogP contribution in [0.5, 0.6) is 5.75 Å². The zero-order chi connectivity index (χ0) is 18.6. The SMILES string of the molecule is COc1cccc(S(=O)(=O)NCCn2nc(-c3ccco3)ccc2=O)c1. The molecule has 0 unspecified atom stereocenters. The van der Waals surface area contributed by atoms with E-state index in [9.17, 15) is 13.2 Å². The van der Waals surface area contributed by atoms with Crippen LogP contribution in [0.4, 0.5) is 0 Å². The highest BCUT2D eigenvalue weighted by atomic mass is 32.2. The van der Waals surface area contributed by atoms with E-state index in [4.69, 9.17) is 9.15 Å². The maximum atomic E-state index is 12.3. The van der Waals surface area contributed by atoms with Crippen molar-refractivity contribution in [1.29, 1.82) is 0 Å². The van der Waals surface area contributed by atoms with Crippen LogP contribution < -0.4 is 15.0 Å². The van der Waals surface area contributed by atoms with Gasteiger partial charge in [0.15, 0.2) is 5.76 Å². The van der Waals surface area contributed by atoms with E-state index in [1.807, 2.05) is 0 Å². The third kappa shape index (κ3) is 4.01. The fourth-order valence-electron chi connectivity index (χ4n) is 2.30. The second kappa shape index (κ2) is 7.54. The standard InChI is InChI=1S/C17H17N3O5S/c1-24-13-4-2-5-14(12-13)26(22,23)18-9-10-20-17(21)8-7-15(19-20)16-6-3-11-25-16/h2-8,11-12,18H,9-10H2,1H3. The predicted molar refractivity (Wildman–Crippen MR) is 94.4 cm³/mol. The van der Waals surface area contributed by atoms with Crippen LogP contribution in [-0.4, -0.2) is 31.9 Å². The van der Waals surface area contributed by atoms with Gasteiger partial charge in [-0.2, -0.15) is 5.10 Å². The highest BCUT2D eigenvalue weighted by Gasteiger charge is 2.14. The van der Waals surface area contributed by atoms with Crippen molar-refractivity contribution >= 4 is 10.0 Å². The van der Waals surface area contributed by atoms with E-state index in [1.54, 1.807) is 30.3 Å². The van der Waals surface area contributed by atoms with Gasteiger partial charge >= 0.3 is 0 Å². The predicted octanol–water partition coefficient (Wildman–Crippen LogP) is 1.49. The highest BCUT2D eigenvalue weighted by Crippen LogP contribution is 2.17. The smallest absolute Gasteiger partial charge is 0.266 e. The number of furan rings is 1. The zero-order valence-electron chi connectivity index (χ0n) is 14.0. The third-order valence-corrected chi connectivity index (χ3v) is 5.07. The van der Waals surface area contributed by atoms with E-state index < -0.39 is 10.0 Å². The topological polar surface area (TPSA) is 103 Å². The molecule has 2 aromatic heterocycles. The van der Waals surface area contributed by atoms with Gasteiger partial charge in [0.05, 0.1) is 24.8 Å². The van der Waals surface area contributed by atoms with Crippen LogP contribution in [0.2, 0.25) is 0 Å². The molecule has 0 saturated carbocycles. The summed E-state index contributed by atoms with van der Waals surface area (Å²) < 4.78 is 38.6. The molecule has 3 aromatic rings. The quantitative estimate of drug-likeness (QED) is 0.671. The molecule has 9 heteroatoms. The summed E-state index contributed by atoms with van der Waals surface area (Å²) in [5, 5.41) is 4.19. The molecule has 8 nitrogen and oxygen atoms in total. The fraction of sp³-hybridized carbons (Fsp3) is 0.176. The second-order valence-electron chi connectivity index (χ2n) is 5.33. The summed E-state index contributed by atoms with van der Waals surface area (Å²) in [6, 6.07) is 12.5. The molecule has 1 N–H and O–H groups in total. The number of sulfonamides is 1. The van der Waals surface area contributed by atoms with Crippen LogP contribution in [0.3, 0.4) is 0 Å². The van der Waals surface area contributed by atoms with Crippen molar-refractivity contribution < 1.29 is 17.6 Å². The van der Waals surface area contributed by atoms with Gasteiger partial charge in [-0.1, -0.05) is 6.07 Å². The summed E-state index contributed by atoms with van der Waals surface area (Å²) in [5.41, 5.74) is 0.158. The first kappa shape index (κ1) is 17.9. The first-order chi connectivity index (χ1) is 12.5. The van der Waals surface area contributed by atoms with Crippen LogP contribution in [0.1, 0.15) is 0 Å². The lowest BCUT2D eigenvalue weighted by Gasteiger charge is -2.09. The second-order valence-corrected chi connectivity index (χ2v) is 7.10. The number of nitrogens with one attached hydrogen (secondary N) is 1. The number of rotatable bonds is 7. The molecule has 0 aliphatic carbocycles. The highest BCUT2D eigenvalue weighted by molar-refractivity contribution is 7.89. The molecule has 0 fully saturated rings. The van der Waals surface area contributed by atoms with Crippen LogP contribution in [-0.2, 0) is 16.6 Å². The minimum atomic E-state index is -3.72. The van der Waals surface area contributed by atoms with Gasteiger partial charge in [-0.05, 0) is 30.3 Å². The van der Waals surface area contributed by atoms with Gasteiger partial charge < -0.3 is 9.15 Å². The van der Waals surface area contributed by atoms with Gasteiger partial charge in [0.1, 0.15) is 11.4 Å². The Kier molecular flexibility index (Phi) is 5.19. The van der Waals surface area contributed by atoms with E-state index in [0.717, 1.165) is 0 Å². The Morgan fingerprint density at radius 2 is 2.04 bits per heavy atom. The Bertz CT molecular complexity index is 1040. The summed E-state index contributed by atoms with van der Waals surface area (Å²) in [6.07, 6.45) is 1.51. The fourth-order valence-corrected chi connectivity index (χ4v) is 3.36. The average Bonchev–Trinajstić information content (AvgIpc) is 3.18. The normalized spacial score (nSPS) is 11.4. The Labute approximate surface area is 150 Å². The number of aromatic nitrogens is 2. The maximum absolute atomic E-state index is 12.3. The van der Waals surface area contributed by atoms with Crippen molar-refractivity contribution in [3.8, 4) is 17.2 Å². The van der Waals surface area contributed by atoms with E-state index in [-0.39, 0.29) is 23.5 Å². The van der Waals surface area contributed by atoms with Gasteiger partial charge in [0.25, 0.3) is 5.56 Å².